The van der Waals surface area contributed by atoms with Gasteiger partial charge in [0, 0.05) is 17.1 Å². The van der Waals surface area contributed by atoms with Gasteiger partial charge in [0.2, 0.25) is 0 Å². The zero-order chi connectivity index (χ0) is 9.97. The summed E-state index contributed by atoms with van der Waals surface area (Å²) in [5.74, 6) is 0. The smallest absolute Gasteiger partial charge is 0.0991 e. The summed E-state index contributed by atoms with van der Waals surface area (Å²) < 4.78 is 1.77. The number of aromatic nitrogens is 4. The van der Waals surface area contributed by atoms with Gasteiger partial charge in [0.1, 0.15) is 0 Å². The van der Waals surface area contributed by atoms with Gasteiger partial charge in [0.05, 0.1) is 23.9 Å². The van der Waals surface area contributed by atoms with Crippen LogP contribution in [0.2, 0.25) is 0 Å². The van der Waals surface area contributed by atoms with Crippen LogP contribution in [0.3, 0.4) is 0 Å². The lowest BCUT2D eigenvalue weighted by Gasteiger charge is -1.96. The first-order chi connectivity index (χ1) is 6.75. The Morgan fingerprint density at radius 1 is 1.64 bits per heavy atom. The first kappa shape index (κ1) is 9.29. The van der Waals surface area contributed by atoms with Gasteiger partial charge >= 0.3 is 0 Å². The van der Waals surface area contributed by atoms with Crippen LogP contribution in [0, 0.1) is 0 Å². The van der Waals surface area contributed by atoms with E-state index < -0.39 is 0 Å². The fraction of sp³-hybridized carbons (Fsp3) is 0.375. The van der Waals surface area contributed by atoms with Gasteiger partial charge in [-0.15, -0.1) is 16.4 Å². The highest BCUT2D eigenvalue weighted by molar-refractivity contribution is 7.09. The number of nitrogens with zero attached hydrogens (tertiary/aromatic N) is 4. The molecule has 0 aliphatic heterocycles. The van der Waals surface area contributed by atoms with Crippen molar-refractivity contribution in [2.24, 2.45) is 5.73 Å². The maximum Gasteiger partial charge on any atom is 0.0991 e. The molecule has 0 fully saturated rings. The molecule has 2 heterocycles. The first-order valence-electron chi connectivity index (χ1n) is 4.28. The molecule has 2 aromatic heterocycles. The topological polar surface area (TPSA) is 69.6 Å². The largest absolute Gasteiger partial charge is 0.323 e. The van der Waals surface area contributed by atoms with E-state index in [1.54, 1.807) is 21.5 Å². The second kappa shape index (κ2) is 3.85. The number of hydrogen-bond donors (Lipinski definition) is 1. The summed E-state index contributed by atoms with van der Waals surface area (Å²) in [5, 5.41) is 7.95. The Bertz CT molecular complexity index is 392. The summed E-state index contributed by atoms with van der Waals surface area (Å²) in [4.78, 5) is 5.15. The summed E-state index contributed by atoms with van der Waals surface area (Å²) in [5.41, 5.74) is 8.29. The molecule has 0 spiro atoms. The summed E-state index contributed by atoms with van der Waals surface area (Å²) in [7, 11) is 0. The van der Waals surface area contributed by atoms with Crippen molar-refractivity contribution >= 4 is 11.3 Å². The Morgan fingerprint density at radius 3 is 3.07 bits per heavy atom. The highest BCUT2D eigenvalue weighted by Crippen LogP contribution is 2.09. The maximum absolute atomic E-state index is 5.67. The minimum absolute atomic E-state index is 0.0646. The summed E-state index contributed by atoms with van der Waals surface area (Å²) in [6.07, 6.45) is 3.70. The van der Waals surface area contributed by atoms with E-state index in [2.05, 4.69) is 15.3 Å². The molecular weight excluding hydrogens is 198 g/mol. The van der Waals surface area contributed by atoms with Crippen LogP contribution in [-0.4, -0.2) is 20.0 Å². The third-order valence-corrected chi connectivity index (χ3v) is 2.59. The van der Waals surface area contributed by atoms with E-state index in [0.717, 1.165) is 10.6 Å². The Kier molecular flexibility index (Phi) is 2.55. The van der Waals surface area contributed by atoms with Crippen LogP contribution >= 0.6 is 11.3 Å². The van der Waals surface area contributed by atoms with Crippen molar-refractivity contribution in [1.29, 1.82) is 0 Å². The van der Waals surface area contributed by atoms with Crippen LogP contribution in [0.1, 0.15) is 23.5 Å². The molecule has 1 atom stereocenters. The van der Waals surface area contributed by atoms with E-state index in [1.807, 2.05) is 19.3 Å². The first-order valence-corrected chi connectivity index (χ1v) is 5.16. The van der Waals surface area contributed by atoms with Crippen LogP contribution in [0.5, 0.6) is 0 Å². The van der Waals surface area contributed by atoms with E-state index in [-0.39, 0.29) is 6.04 Å². The van der Waals surface area contributed by atoms with Crippen molar-refractivity contribution < 1.29 is 0 Å². The molecule has 6 heteroatoms. The lowest BCUT2D eigenvalue weighted by molar-refractivity contribution is 0.653. The van der Waals surface area contributed by atoms with Gasteiger partial charge in [-0.05, 0) is 6.92 Å². The third kappa shape index (κ3) is 1.97. The average Bonchev–Trinajstić information content (AvgIpc) is 2.75. The molecule has 0 aliphatic carbocycles. The van der Waals surface area contributed by atoms with E-state index in [1.165, 1.54) is 0 Å². The second-order valence-corrected chi connectivity index (χ2v) is 4.07. The summed E-state index contributed by atoms with van der Waals surface area (Å²) in [6, 6.07) is -0.0646. The van der Waals surface area contributed by atoms with Crippen LogP contribution in [0.15, 0.2) is 17.9 Å². The van der Waals surface area contributed by atoms with Gasteiger partial charge in [0.25, 0.3) is 0 Å². The van der Waals surface area contributed by atoms with Crippen LogP contribution in [0.25, 0.3) is 0 Å². The van der Waals surface area contributed by atoms with Gasteiger partial charge in [-0.2, -0.15) is 0 Å². The Hall–Kier alpha value is -1.27. The van der Waals surface area contributed by atoms with Gasteiger partial charge in [0.15, 0.2) is 0 Å². The van der Waals surface area contributed by atoms with Crippen molar-refractivity contribution in [2.45, 2.75) is 19.5 Å². The number of rotatable bonds is 3. The number of thiazole rings is 1. The molecule has 2 aromatic rings. The lowest BCUT2D eigenvalue weighted by Crippen LogP contribution is -2.05. The molecule has 0 saturated carbocycles. The molecule has 14 heavy (non-hydrogen) atoms. The van der Waals surface area contributed by atoms with E-state index in [9.17, 15) is 0 Å². The van der Waals surface area contributed by atoms with Crippen molar-refractivity contribution in [3.63, 3.8) is 0 Å². The molecule has 1 unspecified atom stereocenters. The zero-order valence-corrected chi connectivity index (χ0v) is 8.61. The standard InChI is InChI=1S/C8H11N5S/c1-6(9)8-4-13(12-11-8)3-7-2-10-5-14-7/h2,4-6H,3,9H2,1H3. The van der Waals surface area contributed by atoms with Gasteiger partial charge in [-0.25, -0.2) is 4.68 Å². The van der Waals surface area contributed by atoms with Gasteiger partial charge in [-0.3, -0.25) is 4.98 Å². The fourth-order valence-corrected chi connectivity index (χ4v) is 1.66. The molecule has 2 rings (SSSR count). The molecule has 5 nitrogen and oxygen atoms in total. The lowest BCUT2D eigenvalue weighted by atomic mass is 10.3. The van der Waals surface area contributed by atoms with Crippen LogP contribution in [-0.2, 0) is 6.54 Å². The van der Waals surface area contributed by atoms with Gasteiger partial charge in [-0.1, -0.05) is 5.21 Å². The predicted molar refractivity (Wildman–Crippen MR) is 53.8 cm³/mol. The van der Waals surface area contributed by atoms with Crippen LogP contribution in [0.4, 0.5) is 0 Å². The monoisotopic (exact) mass is 209 g/mol. The molecule has 74 valence electrons. The van der Waals surface area contributed by atoms with Crippen molar-refractivity contribution in [2.75, 3.05) is 0 Å². The Morgan fingerprint density at radius 2 is 2.50 bits per heavy atom. The molecule has 0 saturated heterocycles. The number of nitrogens with two attached hydrogens (primary N) is 1. The Balaban J connectivity index is 2.11. The predicted octanol–water partition coefficient (Wildman–Crippen LogP) is 0.803. The minimum Gasteiger partial charge on any atom is -0.323 e. The summed E-state index contributed by atoms with van der Waals surface area (Å²) >= 11 is 1.60. The molecule has 0 aromatic carbocycles. The number of hydrogen-bond acceptors (Lipinski definition) is 5. The SMILES string of the molecule is CC(N)c1cn(Cc2cncs2)nn1. The molecule has 0 bridgehead atoms. The maximum atomic E-state index is 5.67. The van der Waals surface area contributed by atoms with Crippen molar-refractivity contribution in [3.05, 3.63) is 28.5 Å². The quantitative estimate of drug-likeness (QED) is 0.811. The zero-order valence-electron chi connectivity index (χ0n) is 7.79. The van der Waals surface area contributed by atoms with E-state index >= 15 is 0 Å². The second-order valence-electron chi connectivity index (χ2n) is 3.10. The van der Waals surface area contributed by atoms with Crippen molar-refractivity contribution in [3.8, 4) is 0 Å². The van der Waals surface area contributed by atoms with Crippen LogP contribution < -0.4 is 5.73 Å². The van der Waals surface area contributed by atoms with Crippen molar-refractivity contribution in [1.82, 2.24) is 20.0 Å². The molecule has 0 radical (unpaired) electrons. The highest BCUT2D eigenvalue weighted by atomic mass is 32.1. The van der Waals surface area contributed by atoms with E-state index in [4.69, 9.17) is 5.73 Å². The normalized spacial score (nSPS) is 13.0. The third-order valence-electron chi connectivity index (χ3n) is 1.82. The molecule has 0 amide bonds. The van der Waals surface area contributed by atoms with E-state index in [0.29, 0.717) is 6.54 Å². The highest BCUT2D eigenvalue weighted by Gasteiger charge is 2.05. The fourth-order valence-electron chi connectivity index (χ4n) is 1.08. The molecule has 0 aliphatic rings. The Labute approximate surface area is 85.6 Å². The molecular formula is C8H11N5S. The molecule has 2 N–H and O–H groups in total. The average molecular weight is 209 g/mol. The van der Waals surface area contributed by atoms with Gasteiger partial charge < -0.3 is 5.73 Å². The minimum atomic E-state index is -0.0646. The summed E-state index contributed by atoms with van der Waals surface area (Å²) in [6.45, 7) is 2.60.